The average molecular weight is 266 g/mol. The Morgan fingerprint density at radius 2 is 2.26 bits per heavy atom. The van der Waals surface area contributed by atoms with Gasteiger partial charge in [0.25, 0.3) is 5.56 Å². The van der Waals surface area contributed by atoms with Crippen molar-refractivity contribution < 1.29 is 19.1 Å². The minimum absolute atomic E-state index is 0.0375. The Bertz CT molecular complexity index is 745. The van der Waals surface area contributed by atoms with Crippen LogP contribution in [-0.2, 0) is 11.3 Å². The van der Waals surface area contributed by atoms with E-state index in [9.17, 15) is 14.4 Å². The van der Waals surface area contributed by atoms with Crippen molar-refractivity contribution in [2.45, 2.75) is 13.5 Å². The van der Waals surface area contributed by atoms with Crippen LogP contribution in [0.2, 0.25) is 0 Å². The van der Waals surface area contributed by atoms with E-state index in [0.29, 0.717) is 0 Å². The third-order valence-electron chi connectivity index (χ3n) is 2.31. The highest BCUT2D eigenvalue weighted by molar-refractivity contribution is 5.92. The van der Waals surface area contributed by atoms with Crippen LogP contribution in [0.25, 0.3) is 11.1 Å². The summed E-state index contributed by atoms with van der Waals surface area (Å²) >= 11 is 0. The minimum atomic E-state index is -0.951. The molecule has 0 saturated heterocycles. The average Bonchev–Trinajstić information content (AvgIpc) is 2.37. The van der Waals surface area contributed by atoms with E-state index in [1.807, 2.05) is 0 Å². The molecule has 2 rings (SSSR count). The highest BCUT2D eigenvalue weighted by Crippen LogP contribution is 2.07. The standard InChI is InChI=1S/C11H10N2O6/c1-2-18-10(16)6-3-5-8(15)12-7(4-14)13-9(5)19-11(6)17/h3,14H,2,4H2,1H3,(H,12,13,15). The van der Waals surface area contributed by atoms with Gasteiger partial charge in [-0.3, -0.25) is 4.79 Å². The molecule has 0 aliphatic heterocycles. The summed E-state index contributed by atoms with van der Waals surface area (Å²) in [4.78, 5) is 40.8. The lowest BCUT2D eigenvalue weighted by molar-refractivity contribution is 0.0521. The Labute approximate surface area is 105 Å². The number of fused-ring (bicyclic) bond motifs is 1. The van der Waals surface area contributed by atoms with Crippen LogP contribution in [0.3, 0.4) is 0 Å². The molecule has 0 fully saturated rings. The van der Waals surface area contributed by atoms with Crippen LogP contribution in [0, 0.1) is 0 Å². The second kappa shape index (κ2) is 5.02. The number of aliphatic hydroxyl groups excluding tert-OH is 1. The molecule has 19 heavy (non-hydrogen) atoms. The molecular formula is C11H10N2O6. The van der Waals surface area contributed by atoms with Crippen LogP contribution in [0.4, 0.5) is 0 Å². The topological polar surface area (TPSA) is 122 Å². The van der Waals surface area contributed by atoms with Crippen molar-refractivity contribution >= 4 is 17.1 Å². The zero-order valence-corrected chi connectivity index (χ0v) is 9.93. The Morgan fingerprint density at radius 1 is 1.53 bits per heavy atom. The van der Waals surface area contributed by atoms with E-state index >= 15 is 0 Å². The van der Waals surface area contributed by atoms with Gasteiger partial charge in [0, 0.05) is 0 Å². The van der Waals surface area contributed by atoms with E-state index in [2.05, 4.69) is 14.7 Å². The molecule has 0 bridgehead atoms. The van der Waals surface area contributed by atoms with E-state index in [0.717, 1.165) is 6.07 Å². The van der Waals surface area contributed by atoms with Crippen LogP contribution in [0.5, 0.6) is 0 Å². The molecule has 8 heteroatoms. The number of aromatic amines is 1. The van der Waals surface area contributed by atoms with Gasteiger partial charge < -0.3 is 19.2 Å². The van der Waals surface area contributed by atoms with E-state index in [1.165, 1.54) is 0 Å². The highest BCUT2D eigenvalue weighted by atomic mass is 16.5. The summed E-state index contributed by atoms with van der Waals surface area (Å²) in [5.41, 5.74) is -2.19. The summed E-state index contributed by atoms with van der Waals surface area (Å²) in [6.07, 6.45) is 0. The van der Waals surface area contributed by atoms with Gasteiger partial charge in [-0.25, -0.2) is 9.59 Å². The summed E-state index contributed by atoms with van der Waals surface area (Å²) in [7, 11) is 0. The highest BCUT2D eigenvalue weighted by Gasteiger charge is 2.17. The van der Waals surface area contributed by atoms with Crippen molar-refractivity contribution in [1.29, 1.82) is 0 Å². The van der Waals surface area contributed by atoms with Gasteiger partial charge in [-0.1, -0.05) is 0 Å². The molecule has 0 unspecified atom stereocenters. The number of aromatic nitrogens is 2. The van der Waals surface area contributed by atoms with Crippen molar-refractivity contribution in [3.05, 3.63) is 38.2 Å². The third-order valence-corrected chi connectivity index (χ3v) is 2.31. The smallest absolute Gasteiger partial charge is 0.352 e. The van der Waals surface area contributed by atoms with Gasteiger partial charge in [-0.05, 0) is 13.0 Å². The van der Waals surface area contributed by atoms with Crippen molar-refractivity contribution in [1.82, 2.24) is 9.97 Å². The second-order valence-corrected chi connectivity index (χ2v) is 3.56. The van der Waals surface area contributed by atoms with Crippen LogP contribution >= 0.6 is 0 Å². The number of rotatable bonds is 3. The molecule has 8 nitrogen and oxygen atoms in total. The Kier molecular flexibility index (Phi) is 3.43. The fraction of sp³-hybridized carbons (Fsp3) is 0.273. The fourth-order valence-corrected chi connectivity index (χ4v) is 1.48. The predicted octanol–water partition coefficient (Wildman–Crippen LogP) is -0.455. The maximum absolute atomic E-state index is 11.7. The number of ether oxygens (including phenoxy) is 1. The number of carbonyl (C=O) groups excluding carboxylic acids is 1. The fourth-order valence-electron chi connectivity index (χ4n) is 1.48. The number of hydrogen-bond donors (Lipinski definition) is 2. The zero-order chi connectivity index (χ0) is 14.0. The molecule has 0 saturated carbocycles. The number of esters is 1. The summed E-state index contributed by atoms with van der Waals surface area (Å²) < 4.78 is 9.46. The minimum Gasteiger partial charge on any atom is -0.462 e. The molecule has 0 atom stereocenters. The molecule has 2 aromatic rings. The first-order valence-electron chi connectivity index (χ1n) is 5.41. The SMILES string of the molecule is CCOC(=O)c1cc2c(=O)[nH]c(CO)nc2oc1=O. The maximum atomic E-state index is 11.7. The molecule has 2 N–H and O–H groups in total. The number of H-pyrrole nitrogens is 1. The van der Waals surface area contributed by atoms with Crippen LogP contribution in [-0.4, -0.2) is 27.7 Å². The van der Waals surface area contributed by atoms with Crippen molar-refractivity contribution in [2.24, 2.45) is 0 Å². The molecule has 0 amide bonds. The lowest BCUT2D eigenvalue weighted by Crippen LogP contribution is -2.20. The Hall–Kier alpha value is -2.48. The molecular weight excluding hydrogens is 256 g/mol. The summed E-state index contributed by atoms with van der Waals surface area (Å²) in [6.45, 7) is 1.17. The van der Waals surface area contributed by atoms with Gasteiger partial charge in [0.15, 0.2) is 0 Å². The first-order chi connectivity index (χ1) is 9.06. The van der Waals surface area contributed by atoms with Gasteiger partial charge in [0.2, 0.25) is 5.71 Å². The molecule has 0 spiro atoms. The number of aliphatic hydroxyl groups is 1. The number of nitrogens with zero attached hydrogens (tertiary/aromatic N) is 1. The number of carbonyl (C=O) groups is 1. The zero-order valence-electron chi connectivity index (χ0n) is 9.93. The van der Waals surface area contributed by atoms with E-state index in [-0.39, 0.29) is 29.1 Å². The first-order valence-corrected chi connectivity index (χ1v) is 5.41. The van der Waals surface area contributed by atoms with Gasteiger partial charge >= 0.3 is 11.6 Å². The van der Waals surface area contributed by atoms with Gasteiger partial charge in [-0.2, -0.15) is 4.98 Å². The van der Waals surface area contributed by atoms with Crippen molar-refractivity contribution in [3.8, 4) is 0 Å². The monoisotopic (exact) mass is 266 g/mol. The van der Waals surface area contributed by atoms with Crippen LogP contribution < -0.4 is 11.2 Å². The quantitative estimate of drug-likeness (QED) is 0.721. The normalized spacial score (nSPS) is 10.6. The van der Waals surface area contributed by atoms with E-state index < -0.39 is 23.8 Å². The molecule has 0 radical (unpaired) electrons. The second-order valence-electron chi connectivity index (χ2n) is 3.56. The van der Waals surface area contributed by atoms with Crippen molar-refractivity contribution in [2.75, 3.05) is 6.61 Å². The largest absolute Gasteiger partial charge is 0.462 e. The molecule has 0 aliphatic rings. The summed E-state index contributed by atoms with van der Waals surface area (Å²) in [5.74, 6) is -0.909. The predicted molar refractivity (Wildman–Crippen MR) is 62.8 cm³/mol. The molecule has 100 valence electrons. The molecule has 0 aromatic carbocycles. The maximum Gasteiger partial charge on any atom is 0.352 e. The first kappa shape index (κ1) is 13.0. The summed E-state index contributed by atoms with van der Waals surface area (Å²) in [5, 5.41) is 8.81. The Balaban J connectivity index is 2.69. The number of hydrogen-bond acceptors (Lipinski definition) is 7. The van der Waals surface area contributed by atoms with Gasteiger partial charge in [0.05, 0.1) is 6.61 Å². The number of nitrogens with one attached hydrogen (secondary N) is 1. The van der Waals surface area contributed by atoms with E-state index in [4.69, 9.17) is 9.52 Å². The van der Waals surface area contributed by atoms with Crippen LogP contribution in [0.15, 0.2) is 20.1 Å². The van der Waals surface area contributed by atoms with Gasteiger partial charge in [-0.15, -0.1) is 0 Å². The lowest BCUT2D eigenvalue weighted by Gasteiger charge is -2.02. The molecule has 2 aromatic heterocycles. The molecule has 2 heterocycles. The van der Waals surface area contributed by atoms with Crippen molar-refractivity contribution in [3.63, 3.8) is 0 Å². The molecule has 0 aliphatic carbocycles. The third kappa shape index (κ3) is 2.38. The summed E-state index contributed by atoms with van der Waals surface area (Å²) in [6, 6.07) is 1.06. The Morgan fingerprint density at radius 3 is 2.89 bits per heavy atom. The van der Waals surface area contributed by atoms with Crippen LogP contribution in [0.1, 0.15) is 23.1 Å². The van der Waals surface area contributed by atoms with Gasteiger partial charge in [0.1, 0.15) is 23.4 Å². The lowest BCUT2D eigenvalue weighted by atomic mass is 10.2. The van der Waals surface area contributed by atoms with E-state index in [1.54, 1.807) is 6.92 Å².